The van der Waals surface area contributed by atoms with Gasteiger partial charge in [0.25, 0.3) is 0 Å². The van der Waals surface area contributed by atoms with Crippen LogP contribution in [-0.4, -0.2) is 36.2 Å². The lowest BCUT2D eigenvalue weighted by atomic mass is 9.79. The van der Waals surface area contributed by atoms with Crippen LogP contribution in [0.2, 0.25) is 5.02 Å². The van der Waals surface area contributed by atoms with E-state index >= 15 is 0 Å². The molecule has 1 fully saturated rings. The molecule has 4 N–H and O–H groups in total. The molecule has 2 heterocycles. The Hall–Kier alpha value is -2.68. The maximum atomic E-state index is 14.1. The summed E-state index contributed by atoms with van der Waals surface area (Å²) in [6.45, 7) is 1.57. The van der Waals surface area contributed by atoms with Crippen LogP contribution in [0.5, 0.6) is 5.75 Å². The minimum Gasteiger partial charge on any atom is -0.495 e. The molecule has 1 spiro atoms. The molecule has 30 heavy (non-hydrogen) atoms. The number of ether oxygens (including phenoxy) is 1. The number of aliphatic hydroxyl groups is 1. The summed E-state index contributed by atoms with van der Waals surface area (Å²) in [6, 6.07) is 8.19. The van der Waals surface area contributed by atoms with Crippen LogP contribution in [0.1, 0.15) is 18.9 Å². The first-order valence-corrected chi connectivity index (χ1v) is 9.85. The Labute approximate surface area is 177 Å². The molecule has 158 valence electrons. The number of aliphatic hydroxyl groups excluding tert-OH is 1. The Bertz CT molecular complexity index is 1030. The summed E-state index contributed by atoms with van der Waals surface area (Å²) in [6.07, 6.45) is -0.652. The van der Waals surface area contributed by atoms with Crippen molar-refractivity contribution in [3.8, 4) is 5.75 Å². The van der Waals surface area contributed by atoms with Crippen LogP contribution in [-0.2, 0) is 15.1 Å². The highest BCUT2D eigenvalue weighted by molar-refractivity contribution is 6.31. The molecule has 2 aromatic rings. The molecule has 0 saturated carbocycles. The zero-order chi connectivity index (χ0) is 21.6. The van der Waals surface area contributed by atoms with Gasteiger partial charge in [0.15, 0.2) is 0 Å². The van der Waals surface area contributed by atoms with Crippen LogP contribution in [0.4, 0.5) is 15.8 Å². The maximum absolute atomic E-state index is 14.1. The second kappa shape index (κ2) is 7.54. The van der Waals surface area contributed by atoms with Crippen molar-refractivity contribution < 1.29 is 23.8 Å². The maximum Gasteiger partial charge on any atom is 0.250 e. The molecule has 4 atom stereocenters. The highest BCUT2D eigenvalue weighted by atomic mass is 35.5. The SMILES string of the molecule is COc1ccc(Cl)cc1NC(=O)[C@H]1C[C@H]([C@H](C)O)N[C@]12C(=O)Nc1ccc(F)cc12. The molecule has 2 amide bonds. The monoisotopic (exact) mass is 433 g/mol. The highest BCUT2D eigenvalue weighted by Gasteiger charge is 2.60. The van der Waals surface area contributed by atoms with Gasteiger partial charge in [0, 0.05) is 22.3 Å². The van der Waals surface area contributed by atoms with Crippen molar-refractivity contribution in [2.24, 2.45) is 5.92 Å². The largest absolute Gasteiger partial charge is 0.495 e. The zero-order valence-corrected chi connectivity index (χ0v) is 17.1. The molecule has 0 bridgehead atoms. The molecular weight excluding hydrogens is 413 g/mol. The minimum atomic E-state index is -1.50. The molecular formula is C21H21ClFN3O4. The predicted molar refractivity (Wildman–Crippen MR) is 110 cm³/mol. The number of nitrogens with one attached hydrogen (secondary N) is 3. The number of halogens is 2. The van der Waals surface area contributed by atoms with E-state index in [1.807, 2.05) is 0 Å². The average Bonchev–Trinajstić information content (AvgIpc) is 3.23. The Morgan fingerprint density at radius 3 is 2.83 bits per heavy atom. The third kappa shape index (κ3) is 3.21. The minimum absolute atomic E-state index is 0.176. The zero-order valence-electron chi connectivity index (χ0n) is 16.3. The summed E-state index contributed by atoms with van der Waals surface area (Å²) in [7, 11) is 1.46. The van der Waals surface area contributed by atoms with E-state index in [4.69, 9.17) is 16.3 Å². The molecule has 4 rings (SSSR count). The Morgan fingerprint density at radius 1 is 1.37 bits per heavy atom. The molecule has 2 aromatic carbocycles. The van der Waals surface area contributed by atoms with Gasteiger partial charge in [-0.15, -0.1) is 0 Å². The van der Waals surface area contributed by atoms with E-state index in [9.17, 15) is 19.1 Å². The molecule has 0 unspecified atom stereocenters. The smallest absolute Gasteiger partial charge is 0.250 e. The van der Waals surface area contributed by atoms with Crippen LogP contribution in [0.15, 0.2) is 36.4 Å². The van der Waals surface area contributed by atoms with Crippen LogP contribution >= 0.6 is 11.6 Å². The number of hydrogen-bond acceptors (Lipinski definition) is 5. The fraction of sp³-hybridized carbons (Fsp3) is 0.333. The van der Waals surface area contributed by atoms with Crippen LogP contribution in [0.25, 0.3) is 0 Å². The van der Waals surface area contributed by atoms with Crippen molar-refractivity contribution in [1.29, 1.82) is 0 Å². The molecule has 2 aliphatic rings. The molecule has 9 heteroatoms. The summed E-state index contributed by atoms with van der Waals surface area (Å²) in [5.41, 5.74) is -0.384. The molecule has 0 radical (unpaired) electrons. The lowest BCUT2D eigenvalue weighted by molar-refractivity contribution is -0.130. The summed E-state index contributed by atoms with van der Waals surface area (Å²) in [5, 5.41) is 19.2. The van der Waals surface area contributed by atoms with Gasteiger partial charge in [-0.25, -0.2) is 4.39 Å². The van der Waals surface area contributed by atoms with Gasteiger partial charge in [0.05, 0.1) is 24.8 Å². The molecule has 0 aromatic heterocycles. The van der Waals surface area contributed by atoms with E-state index in [1.165, 1.54) is 25.3 Å². The number of methoxy groups -OCH3 is 1. The highest BCUT2D eigenvalue weighted by Crippen LogP contribution is 2.48. The third-order valence-corrected chi connectivity index (χ3v) is 5.99. The molecule has 1 saturated heterocycles. The lowest BCUT2D eigenvalue weighted by Gasteiger charge is -2.29. The number of fused-ring (bicyclic) bond motifs is 2. The van der Waals surface area contributed by atoms with E-state index < -0.39 is 41.2 Å². The van der Waals surface area contributed by atoms with Crippen molar-refractivity contribution in [1.82, 2.24) is 5.32 Å². The molecule has 0 aliphatic carbocycles. The molecule has 7 nitrogen and oxygen atoms in total. The topological polar surface area (TPSA) is 99.7 Å². The average molecular weight is 434 g/mol. The van der Waals surface area contributed by atoms with E-state index in [-0.39, 0.29) is 6.42 Å². The van der Waals surface area contributed by atoms with Crippen molar-refractivity contribution in [2.45, 2.75) is 31.0 Å². The van der Waals surface area contributed by atoms with E-state index in [0.29, 0.717) is 27.7 Å². The number of anilines is 2. The van der Waals surface area contributed by atoms with E-state index in [0.717, 1.165) is 0 Å². The van der Waals surface area contributed by atoms with Crippen molar-refractivity contribution in [3.63, 3.8) is 0 Å². The number of benzene rings is 2. The first-order chi connectivity index (χ1) is 14.3. The normalized spacial score (nSPS) is 25.7. The fourth-order valence-corrected chi connectivity index (χ4v) is 4.46. The number of amides is 2. The first kappa shape index (κ1) is 20.6. The van der Waals surface area contributed by atoms with Crippen molar-refractivity contribution in [2.75, 3.05) is 17.7 Å². The van der Waals surface area contributed by atoms with Gasteiger partial charge in [0.1, 0.15) is 17.1 Å². The van der Waals surface area contributed by atoms with Gasteiger partial charge in [-0.05, 0) is 49.7 Å². The summed E-state index contributed by atoms with van der Waals surface area (Å²) >= 11 is 6.05. The Kier molecular flexibility index (Phi) is 5.17. The standard InChI is InChI=1S/C21H21ClFN3O4/c1-10(27)16-9-14(19(28)24-17-7-11(22)3-6-18(17)30-2)21(26-16)13-8-12(23)4-5-15(13)25-20(21)29/h3-8,10,14,16,26-27H,9H2,1-2H3,(H,24,28)(H,25,29)/t10-,14+,16+,21-/m0/s1. The second-order valence-electron chi connectivity index (χ2n) is 7.57. The summed E-state index contributed by atoms with van der Waals surface area (Å²) < 4.78 is 19.3. The van der Waals surface area contributed by atoms with Gasteiger partial charge >= 0.3 is 0 Å². The predicted octanol–water partition coefficient (Wildman–Crippen LogP) is 2.63. The van der Waals surface area contributed by atoms with Gasteiger partial charge in [-0.2, -0.15) is 0 Å². The quantitative estimate of drug-likeness (QED) is 0.594. The van der Waals surface area contributed by atoms with Gasteiger partial charge in [0.2, 0.25) is 11.8 Å². The van der Waals surface area contributed by atoms with E-state index in [1.54, 1.807) is 25.1 Å². The summed E-state index contributed by atoms with van der Waals surface area (Å²) in [4.78, 5) is 26.4. The van der Waals surface area contributed by atoms with Crippen LogP contribution < -0.4 is 20.7 Å². The molecule has 2 aliphatic heterocycles. The number of rotatable bonds is 4. The van der Waals surface area contributed by atoms with Crippen LogP contribution in [0.3, 0.4) is 0 Å². The first-order valence-electron chi connectivity index (χ1n) is 9.48. The summed E-state index contributed by atoms with van der Waals surface area (Å²) in [5.74, 6) is -1.98. The number of hydrogen-bond donors (Lipinski definition) is 4. The lowest BCUT2D eigenvalue weighted by Crippen LogP contribution is -2.53. The fourth-order valence-electron chi connectivity index (χ4n) is 4.29. The Balaban J connectivity index is 1.76. The number of carbonyl (C=O) groups excluding carboxylic acids is 2. The van der Waals surface area contributed by atoms with Crippen molar-refractivity contribution >= 4 is 34.8 Å². The number of carbonyl (C=O) groups is 2. The Morgan fingerprint density at radius 2 is 2.13 bits per heavy atom. The van der Waals surface area contributed by atoms with Crippen molar-refractivity contribution in [3.05, 3.63) is 52.8 Å². The van der Waals surface area contributed by atoms with Crippen LogP contribution in [0, 0.1) is 11.7 Å². The second-order valence-corrected chi connectivity index (χ2v) is 8.00. The van der Waals surface area contributed by atoms with Gasteiger partial charge in [-0.1, -0.05) is 11.6 Å². The van der Waals surface area contributed by atoms with Gasteiger partial charge in [-0.3, -0.25) is 14.9 Å². The third-order valence-electron chi connectivity index (χ3n) is 5.76. The van der Waals surface area contributed by atoms with Gasteiger partial charge < -0.3 is 20.5 Å². The van der Waals surface area contributed by atoms with E-state index in [2.05, 4.69) is 16.0 Å².